The molecular formula is C17H20N2O2. The molecule has 110 valence electrons. The predicted molar refractivity (Wildman–Crippen MR) is 84.3 cm³/mol. The van der Waals surface area contributed by atoms with Gasteiger partial charge in [-0.25, -0.2) is 0 Å². The van der Waals surface area contributed by atoms with Crippen LogP contribution in [0.5, 0.6) is 5.75 Å². The maximum Gasteiger partial charge on any atom is 0.128 e. The molecule has 0 atom stereocenters. The molecule has 1 aliphatic rings. The summed E-state index contributed by atoms with van der Waals surface area (Å²) in [4.78, 5) is 2.08. The smallest absolute Gasteiger partial charge is 0.128 e. The first-order chi connectivity index (χ1) is 10.3. The van der Waals surface area contributed by atoms with E-state index in [4.69, 9.17) is 14.9 Å². The van der Waals surface area contributed by atoms with Gasteiger partial charge in [-0.1, -0.05) is 24.3 Å². The van der Waals surface area contributed by atoms with Crippen molar-refractivity contribution < 1.29 is 9.47 Å². The fourth-order valence-corrected chi connectivity index (χ4v) is 2.72. The molecule has 0 saturated carbocycles. The van der Waals surface area contributed by atoms with Gasteiger partial charge in [0, 0.05) is 24.0 Å². The van der Waals surface area contributed by atoms with Gasteiger partial charge in [0.05, 0.1) is 19.8 Å². The van der Waals surface area contributed by atoms with E-state index >= 15 is 0 Å². The Morgan fingerprint density at radius 3 is 2.57 bits per heavy atom. The van der Waals surface area contributed by atoms with Gasteiger partial charge in [0.2, 0.25) is 0 Å². The normalized spacial score (nSPS) is 15.2. The van der Waals surface area contributed by atoms with Gasteiger partial charge in [0.15, 0.2) is 0 Å². The molecule has 1 fully saturated rings. The van der Waals surface area contributed by atoms with Crippen molar-refractivity contribution in [1.29, 1.82) is 5.41 Å². The first kappa shape index (κ1) is 13.9. The zero-order valence-corrected chi connectivity index (χ0v) is 12.3. The van der Waals surface area contributed by atoms with Crippen molar-refractivity contribution in [3.8, 4) is 5.75 Å². The van der Waals surface area contributed by atoms with Crippen molar-refractivity contribution in [2.75, 3.05) is 32.9 Å². The molecule has 1 aliphatic heterocycles. The molecule has 21 heavy (non-hydrogen) atoms. The number of nitrogens with one attached hydrogen (secondary N) is 1. The highest BCUT2D eigenvalue weighted by molar-refractivity contribution is 6.09. The Morgan fingerprint density at radius 2 is 1.86 bits per heavy atom. The van der Waals surface area contributed by atoms with Crippen molar-refractivity contribution in [3.63, 3.8) is 0 Å². The Hall–Kier alpha value is -2.07. The van der Waals surface area contributed by atoms with E-state index in [9.17, 15) is 0 Å². The van der Waals surface area contributed by atoms with Gasteiger partial charge >= 0.3 is 0 Å². The van der Waals surface area contributed by atoms with Gasteiger partial charge in [0.1, 0.15) is 11.6 Å². The van der Waals surface area contributed by atoms with Crippen LogP contribution in [-0.2, 0) is 4.74 Å². The third-order valence-corrected chi connectivity index (χ3v) is 3.77. The fraction of sp³-hybridized carbons (Fsp3) is 0.353. The lowest BCUT2D eigenvalue weighted by molar-refractivity contribution is 0.0680. The Labute approximate surface area is 124 Å². The van der Waals surface area contributed by atoms with Crippen LogP contribution in [0.15, 0.2) is 36.4 Å². The molecule has 3 rings (SSSR count). The fourth-order valence-electron chi connectivity index (χ4n) is 2.72. The Bertz CT molecular complexity index is 648. The van der Waals surface area contributed by atoms with E-state index in [1.165, 1.54) is 0 Å². The lowest BCUT2D eigenvalue weighted by atomic mass is 10.0. The Kier molecular flexibility index (Phi) is 4.06. The molecule has 4 nitrogen and oxygen atoms in total. The maximum absolute atomic E-state index is 8.51. The molecule has 0 unspecified atom stereocenters. The molecular weight excluding hydrogens is 264 g/mol. The second kappa shape index (κ2) is 6.14. The van der Waals surface area contributed by atoms with Crippen LogP contribution in [0.2, 0.25) is 0 Å². The number of fused-ring (bicyclic) bond motifs is 1. The molecule has 2 aromatic rings. The van der Waals surface area contributed by atoms with Gasteiger partial charge in [-0.3, -0.25) is 5.41 Å². The standard InChI is InChI=1S/C17H20N2O2/c1-2-21-16-8-7-15(13-5-3-4-6-14(13)16)17(18)19-9-11-20-12-10-19/h3-8,18H,2,9-12H2,1H3. The third kappa shape index (κ3) is 2.72. The maximum atomic E-state index is 8.51. The minimum Gasteiger partial charge on any atom is -0.493 e. The Balaban J connectivity index is 2.02. The van der Waals surface area contributed by atoms with Gasteiger partial charge < -0.3 is 14.4 Å². The van der Waals surface area contributed by atoms with Crippen LogP contribution in [0.3, 0.4) is 0 Å². The van der Waals surface area contributed by atoms with Crippen molar-refractivity contribution in [2.45, 2.75) is 6.92 Å². The number of hydrogen-bond donors (Lipinski definition) is 1. The van der Waals surface area contributed by atoms with Crippen LogP contribution in [0, 0.1) is 5.41 Å². The van der Waals surface area contributed by atoms with Gasteiger partial charge in [-0.15, -0.1) is 0 Å². The van der Waals surface area contributed by atoms with Gasteiger partial charge in [-0.2, -0.15) is 0 Å². The quantitative estimate of drug-likeness (QED) is 0.696. The summed E-state index contributed by atoms with van der Waals surface area (Å²) in [6.45, 7) is 5.57. The van der Waals surface area contributed by atoms with E-state index in [2.05, 4.69) is 17.0 Å². The van der Waals surface area contributed by atoms with Crippen molar-refractivity contribution in [3.05, 3.63) is 42.0 Å². The van der Waals surface area contributed by atoms with E-state index < -0.39 is 0 Å². The summed E-state index contributed by atoms with van der Waals surface area (Å²) >= 11 is 0. The minimum atomic E-state index is 0.567. The summed E-state index contributed by atoms with van der Waals surface area (Å²) < 4.78 is 11.1. The SMILES string of the molecule is CCOc1ccc(C(=N)N2CCOCC2)c2ccccc12. The van der Waals surface area contributed by atoms with E-state index in [1.807, 2.05) is 31.2 Å². The molecule has 2 aromatic carbocycles. The molecule has 1 N–H and O–H groups in total. The first-order valence-corrected chi connectivity index (χ1v) is 7.37. The molecule has 4 heteroatoms. The molecule has 0 radical (unpaired) electrons. The van der Waals surface area contributed by atoms with E-state index in [0.29, 0.717) is 25.7 Å². The van der Waals surface area contributed by atoms with Crippen LogP contribution in [-0.4, -0.2) is 43.6 Å². The lowest BCUT2D eigenvalue weighted by Gasteiger charge is -2.29. The lowest BCUT2D eigenvalue weighted by Crippen LogP contribution is -2.40. The summed E-state index contributed by atoms with van der Waals surface area (Å²) in [7, 11) is 0. The molecule has 0 spiro atoms. The molecule has 0 aliphatic carbocycles. The number of hydrogen-bond acceptors (Lipinski definition) is 3. The van der Waals surface area contributed by atoms with Crippen molar-refractivity contribution in [2.24, 2.45) is 0 Å². The number of morpholine rings is 1. The van der Waals surface area contributed by atoms with Gasteiger partial charge in [-0.05, 0) is 24.4 Å². The summed E-state index contributed by atoms with van der Waals surface area (Å²) in [6.07, 6.45) is 0. The number of benzene rings is 2. The third-order valence-electron chi connectivity index (χ3n) is 3.77. The molecule has 0 amide bonds. The van der Waals surface area contributed by atoms with Crippen LogP contribution >= 0.6 is 0 Å². The molecule has 0 aromatic heterocycles. The largest absolute Gasteiger partial charge is 0.493 e. The number of ether oxygens (including phenoxy) is 2. The number of rotatable bonds is 3. The first-order valence-electron chi connectivity index (χ1n) is 7.37. The summed E-state index contributed by atoms with van der Waals surface area (Å²) in [6, 6.07) is 12.1. The Morgan fingerprint density at radius 1 is 1.14 bits per heavy atom. The highest BCUT2D eigenvalue weighted by atomic mass is 16.5. The van der Waals surface area contributed by atoms with E-state index in [1.54, 1.807) is 0 Å². The average molecular weight is 284 g/mol. The van der Waals surface area contributed by atoms with Gasteiger partial charge in [0.25, 0.3) is 0 Å². The predicted octanol–water partition coefficient (Wildman–Crippen LogP) is 2.90. The summed E-state index contributed by atoms with van der Waals surface area (Å²) in [5.74, 6) is 1.45. The van der Waals surface area contributed by atoms with Crippen molar-refractivity contribution in [1.82, 2.24) is 4.90 Å². The average Bonchev–Trinajstić information content (AvgIpc) is 2.56. The van der Waals surface area contributed by atoms with Crippen LogP contribution in [0.4, 0.5) is 0 Å². The highest BCUT2D eigenvalue weighted by Gasteiger charge is 2.18. The zero-order valence-electron chi connectivity index (χ0n) is 12.3. The van der Waals surface area contributed by atoms with E-state index in [0.717, 1.165) is 35.2 Å². The van der Waals surface area contributed by atoms with Crippen LogP contribution < -0.4 is 4.74 Å². The second-order valence-corrected chi connectivity index (χ2v) is 5.04. The van der Waals surface area contributed by atoms with Crippen LogP contribution in [0.1, 0.15) is 12.5 Å². The van der Waals surface area contributed by atoms with Crippen LogP contribution in [0.25, 0.3) is 10.8 Å². The topological polar surface area (TPSA) is 45.5 Å². The molecule has 1 saturated heterocycles. The number of amidine groups is 1. The second-order valence-electron chi connectivity index (χ2n) is 5.04. The van der Waals surface area contributed by atoms with E-state index in [-0.39, 0.29) is 0 Å². The monoisotopic (exact) mass is 284 g/mol. The summed E-state index contributed by atoms with van der Waals surface area (Å²) in [5.41, 5.74) is 0.955. The minimum absolute atomic E-state index is 0.567. The van der Waals surface area contributed by atoms with Crippen molar-refractivity contribution >= 4 is 16.6 Å². The highest BCUT2D eigenvalue weighted by Crippen LogP contribution is 2.29. The summed E-state index contributed by atoms with van der Waals surface area (Å²) in [5, 5.41) is 10.6. The molecule has 1 heterocycles. The number of nitrogens with zero attached hydrogens (tertiary/aromatic N) is 1. The zero-order chi connectivity index (χ0) is 14.7. The molecule has 0 bridgehead atoms.